The van der Waals surface area contributed by atoms with Crippen LogP contribution in [0.3, 0.4) is 0 Å². The second-order valence-electron chi connectivity index (χ2n) is 6.71. The van der Waals surface area contributed by atoms with Crippen LogP contribution in [0, 0.1) is 0 Å². The van der Waals surface area contributed by atoms with Gasteiger partial charge in [-0.2, -0.15) is 0 Å². The zero-order valence-electron chi connectivity index (χ0n) is 16.6. The molecule has 1 aromatic carbocycles. The van der Waals surface area contributed by atoms with E-state index < -0.39 is 5.91 Å². The number of nitrogens with zero attached hydrogens (tertiary/aromatic N) is 5. The van der Waals surface area contributed by atoms with Gasteiger partial charge in [0.15, 0.2) is 19.5 Å². The van der Waals surface area contributed by atoms with E-state index in [2.05, 4.69) is 30.5 Å². The molecular formula is C21H19BN8O. The largest absolute Gasteiger partial charge is 0.382 e. The van der Waals surface area contributed by atoms with E-state index in [9.17, 15) is 4.79 Å². The van der Waals surface area contributed by atoms with E-state index in [1.54, 1.807) is 47.9 Å². The Bertz CT molecular complexity index is 1180. The smallest absolute Gasteiger partial charge is 0.278 e. The summed E-state index contributed by atoms with van der Waals surface area (Å²) in [5, 5.41) is 5.45. The van der Waals surface area contributed by atoms with E-state index in [0.717, 1.165) is 17.5 Å². The summed E-state index contributed by atoms with van der Waals surface area (Å²) >= 11 is 0. The Morgan fingerprint density at radius 1 is 1.10 bits per heavy atom. The van der Waals surface area contributed by atoms with Gasteiger partial charge in [-0.25, -0.2) is 15.0 Å². The van der Waals surface area contributed by atoms with Crippen LogP contribution in [-0.4, -0.2) is 44.9 Å². The van der Waals surface area contributed by atoms with E-state index in [0.29, 0.717) is 23.6 Å². The summed E-state index contributed by atoms with van der Waals surface area (Å²) in [5.41, 5.74) is 9.70. The first-order valence-corrected chi connectivity index (χ1v) is 9.54. The first kappa shape index (κ1) is 20.2. The molecule has 0 atom stereocenters. The monoisotopic (exact) mass is 410 g/mol. The average Bonchev–Trinajstić information content (AvgIpc) is 3.33. The van der Waals surface area contributed by atoms with Crippen LogP contribution in [-0.2, 0) is 6.42 Å². The molecule has 9 nitrogen and oxygen atoms in total. The summed E-state index contributed by atoms with van der Waals surface area (Å²) in [4.78, 5) is 29.7. The lowest BCUT2D eigenvalue weighted by Crippen LogP contribution is -2.18. The number of pyridine rings is 1. The molecule has 2 radical (unpaired) electrons. The number of rotatable bonds is 7. The summed E-state index contributed by atoms with van der Waals surface area (Å²) in [6, 6.07) is 9.58. The molecule has 1 amide bonds. The van der Waals surface area contributed by atoms with Crippen molar-refractivity contribution >= 4 is 25.4 Å². The fourth-order valence-electron chi connectivity index (χ4n) is 3.05. The number of anilines is 2. The molecule has 0 aliphatic rings. The van der Waals surface area contributed by atoms with Crippen LogP contribution in [0.1, 0.15) is 16.1 Å². The van der Waals surface area contributed by atoms with E-state index >= 15 is 0 Å². The van der Waals surface area contributed by atoms with Gasteiger partial charge in [0.1, 0.15) is 0 Å². The number of hydrogen-bond acceptors (Lipinski definition) is 7. The van der Waals surface area contributed by atoms with Crippen LogP contribution in [0.5, 0.6) is 0 Å². The molecule has 0 spiro atoms. The number of nitrogens with one attached hydrogen (secondary N) is 2. The molecule has 0 saturated carbocycles. The highest BCUT2D eigenvalue weighted by Gasteiger charge is 2.17. The number of benzene rings is 1. The van der Waals surface area contributed by atoms with E-state index in [-0.39, 0.29) is 11.5 Å². The predicted molar refractivity (Wildman–Crippen MR) is 119 cm³/mol. The van der Waals surface area contributed by atoms with Crippen molar-refractivity contribution < 1.29 is 4.79 Å². The molecule has 0 aliphatic heterocycles. The van der Waals surface area contributed by atoms with Gasteiger partial charge in [0, 0.05) is 24.2 Å². The van der Waals surface area contributed by atoms with Gasteiger partial charge in [0.2, 0.25) is 0 Å². The Balaban J connectivity index is 1.59. The van der Waals surface area contributed by atoms with Crippen LogP contribution >= 0.6 is 0 Å². The lowest BCUT2D eigenvalue weighted by Gasteiger charge is -2.12. The second kappa shape index (κ2) is 9.18. The van der Waals surface area contributed by atoms with Gasteiger partial charge in [-0.05, 0) is 24.6 Å². The van der Waals surface area contributed by atoms with E-state index in [1.165, 1.54) is 0 Å². The SMILES string of the molecule is [B]NCCc1ccc(-c2cnc(N)c(C(=O)Nc3cnccc3-n3ccnc3)n2)cc1. The van der Waals surface area contributed by atoms with Crippen molar-refractivity contribution in [3.63, 3.8) is 0 Å². The Morgan fingerprint density at radius 2 is 1.94 bits per heavy atom. The highest BCUT2D eigenvalue weighted by Crippen LogP contribution is 2.22. The minimum absolute atomic E-state index is 0.0364. The third kappa shape index (κ3) is 4.59. The molecule has 0 fully saturated rings. The normalized spacial score (nSPS) is 10.7. The zero-order chi connectivity index (χ0) is 21.6. The molecule has 3 aromatic heterocycles. The average molecular weight is 410 g/mol. The first-order valence-electron chi connectivity index (χ1n) is 9.54. The van der Waals surface area contributed by atoms with Crippen LogP contribution < -0.4 is 16.3 Å². The lowest BCUT2D eigenvalue weighted by atomic mass is 10.1. The molecule has 31 heavy (non-hydrogen) atoms. The summed E-state index contributed by atoms with van der Waals surface area (Å²) < 4.78 is 1.77. The molecule has 10 heteroatoms. The van der Waals surface area contributed by atoms with Crippen LogP contribution in [0.15, 0.2) is 67.6 Å². The summed E-state index contributed by atoms with van der Waals surface area (Å²) in [5.74, 6) is -0.438. The Labute approximate surface area is 180 Å². The summed E-state index contributed by atoms with van der Waals surface area (Å²) in [6.07, 6.45) is 10.6. The maximum absolute atomic E-state index is 12.9. The summed E-state index contributed by atoms with van der Waals surface area (Å²) in [7, 11) is 5.32. The molecule has 4 aromatic rings. The topological polar surface area (TPSA) is 124 Å². The fourth-order valence-corrected chi connectivity index (χ4v) is 3.05. The van der Waals surface area contributed by atoms with Crippen LogP contribution in [0.2, 0.25) is 0 Å². The van der Waals surface area contributed by atoms with Crippen molar-refractivity contribution in [1.29, 1.82) is 0 Å². The van der Waals surface area contributed by atoms with Gasteiger partial charge in [-0.3, -0.25) is 9.78 Å². The second-order valence-corrected chi connectivity index (χ2v) is 6.71. The minimum atomic E-state index is -0.480. The standard InChI is InChI=1S/C21H19BN8O/c22-27-8-5-14-1-3-15(4-2-14)16-12-26-20(23)19(28-16)21(31)29-17-11-24-7-6-18(17)30-10-9-25-13-30/h1-4,6-7,9-13,27H,5,8H2,(H2,23,26)(H,29,31). The third-order valence-electron chi connectivity index (χ3n) is 4.65. The van der Waals surface area contributed by atoms with Crippen molar-refractivity contribution in [2.75, 3.05) is 17.6 Å². The molecule has 4 rings (SSSR count). The summed E-state index contributed by atoms with van der Waals surface area (Å²) in [6.45, 7) is 0.681. The van der Waals surface area contributed by atoms with Crippen molar-refractivity contribution in [2.45, 2.75) is 6.42 Å². The number of nitrogens with two attached hydrogens (primary N) is 1. The van der Waals surface area contributed by atoms with Crippen molar-refractivity contribution in [1.82, 2.24) is 29.7 Å². The van der Waals surface area contributed by atoms with Gasteiger partial charge < -0.3 is 20.8 Å². The minimum Gasteiger partial charge on any atom is -0.382 e. The fraction of sp³-hybridized carbons (Fsp3) is 0.0952. The Kier molecular flexibility index (Phi) is 5.99. The maximum Gasteiger partial charge on any atom is 0.278 e. The molecule has 0 aliphatic carbocycles. The molecule has 3 heterocycles. The van der Waals surface area contributed by atoms with Crippen LogP contribution in [0.25, 0.3) is 16.9 Å². The number of imidazole rings is 1. The number of hydrogen-bond donors (Lipinski definition) is 3. The number of carbonyl (C=O) groups is 1. The number of amides is 1. The van der Waals surface area contributed by atoms with Crippen molar-refractivity contribution in [3.05, 3.63) is 78.9 Å². The van der Waals surface area contributed by atoms with Crippen LogP contribution in [0.4, 0.5) is 11.5 Å². The van der Waals surface area contributed by atoms with Crippen molar-refractivity contribution in [3.8, 4) is 16.9 Å². The molecule has 152 valence electrons. The van der Waals surface area contributed by atoms with Gasteiger partial charge in [-0.1, -0.05) is 24.3 Å². The van der Waals surface area contributed by atoms with Gasteiger partial charge in [0.05, 0.1) is 35.8 Å². The Hall–Kier alpha value is -4.05. The van der Waals surface area contributed by atoms with E-state index in [4.69, 9.17) is 13.7 Å². The van der Waals surface area contributed by atoms with Gasteiger partial charge in [0.25, 0.3) is 5.91 Å². The van der Waals surface area contributed by atoms with Gasteiger partial charge >= 0.3 is 0 Å². The number of nitrogen functional groups attached to an aromatic ring is 1. The first-order chi connectivity index (χ1) is 15.2. The predicted octanol–water partition coefficient (Wildman–Crippen LogP) is 1.77. The number of carbonyl (C=O) groups excluding carboxylic acids is 1. The zero-order valence-corrected chi connectivity index (χ0v) is 16.6. The number of aromatic nitrogens is 5. The van der Waals surface area contributed by atoms with E-state index in [1.807, 2.05) is 24.3 Å². The van der Waals surface area contributed by atoms with Gasteiger partial charge in [-0.15, -0.1) is 0 Å². The Morgan fingerprint density at radius 3 is 2.68 bits per heavy atom. The molecule has 4 N–H and O–H groups in total. The quantitative estimate of drug-likeness (QED) is 0.397. The molecular weight excluding hydrogens is 391 g/mol. The highest BCUT2D eigenvalue weighted by atomic mass is 16.1. The third-order valence-corrected chi connectivity index (χ3v) is 4.65. The maximum atomic E-state index is 12.9. The van der Waals surface area contributed by atoms with Crippen molar-refractivity contribution in [2.24, 2.45) is 0 Å². The lowest BCUT2D eigenvalue weighted by molar-refractivity contribution is 0.102. The molecule has 0 unspecified atom stereocenters. The highest BCUT2D eigenvalue weighted by molar-refractivity contribution is 6.06. The molecule has 0 saturated heterocycles. The molecule has 0 bridgehead atoms.